The molecule has 0 radical (unpaired) electrons. The van der Waals surface area contributed by atoms with Crippen molar-refractivity contribution >= 4 is 22.0 Å². The Morgan fingerprint density at radius 1 is 1.35 bits per heavy atom. The van der Waals surface area contributed by atoms with Gasteiger partial charge in [0.1, 0.15) is 6.61 Å². The van der Waals surface area contributed by atoms with Gasteiger partial charge < -0.3 is 4.74 Å². The third kappa shape index (κ3) is 3.24. The van der Waals surface area contributed by atoms with Crippen molar-refractivity contribution in [3.8, 4) is 0 Å². The first-order chi connectivity index (χ1) is 12.3. The number of amides is 2. The normalized spacial score (nSPS) is 19.7. The fourth-order valence-electron chi connectivity index (χ4n) is 3.37. The van der Waals surface area contributed by atoms with E-state index in [-0.39, 0.29) is 18.6 Å². The Labute approximate surface area is 152 Å². The molecule has 1 aromatic carbocycles. The van der Waals surface area contributed by atoms with Gasteiger partial charge in [0, 0.05) is 12.1 Å². The number of hydrogen-bond acceptors (Lipinski definition) is 5. The minimum Gasteiger partial charge on any atom is -0.444 e. The van der Waals surface area contributed by atoms with Gasteiger partial charge in [0.05, 0.1) is 18.0 Å². The summed E-state index contributed by atoms with van der Waals surface area (Å²) in [5.74, 6) is -0.590. The van der Waals surface area contributed by atoms with Crippen molar-refractivity contribution in [1.29, 1.82) is 0 Å². The number of allylic oxidation sites excluding steroid dienone is 1. The van der Waals surface area contributed by atoms with Crippen LogP contribution in [0.5, 0.6) is 0 Å². The number of carbonyl (C=O) groups excluding carboxylic acids is 2. The zero-order valence-corrected chi connectivity index (χ0v) is 15.2. The summed E-state index contributed by atoms with van der Waals surface area (Å²) in [6.07, 6.45) is 2.48. The van der Waals surface area contributed by atoms with E-state index in [2.05, 4.69) is 6.58 Å². The number of nitrogens with zero attached hydrogens (tertiary/aromatic N) is 2. The third-order valence-corrected chi connectivity index (χ3v) is 5.55. The molecule has 3 rings (SSSR count). The van der Waals surface area contributed by atoms with E-state index >= 15 is 0 Å². The van der Waals surface area contributed by atoms with Gasteiger partial charge in [0.2, 0.25) is 10.0 Å². The summed E-state index contributed by atoms with van der Waals surface area (Å²) in [6, 6.07) is 8.59. The monoisotopic (exact) mass is 376 g/mol. The van der Waals surface area contributed by atoms with Crippen LogP contribution in [0, 0.1) is 0 Å². The van der Waals surface area contributed by atoms with Crippen LogP contribution in [-0.4, -0.2) is 48.5 Å². The molecule has 0 aliphatic carbocycles. The zero-order chi connectivity index (χ0) is 18.9. The first kappa shape index (κ1) is 18.2. The fraction of sp³-hybridized carbons (Fsp3) is 0.333. The average molecular weight is 376 g/mol. The van der Waals surface area contributed by atoms with Gasteiger partial charge in [-0.3, -0.25) is 9.69 Å². The molecule has 0 saturated carbocycles. The van der Waals surface area contributed by atoms with Crippen LogP contribution in [0.15, 0.2) is 54.3 Å². The van der Waals surface area contributed by atoms with E-state index < -0.39 is 28.1 Å². The van der Waals surface area contributed by atoms with Crippen LogP contribution in [0.4, 0.5) is 4.79 Å². The lowest BCUT2D eigenvalue weighted by Crippen LogP contribution is -2.39. The maximum atomic E-state index is 12.6. The lowest BCUT2D eigenvalue weighted by Gasteiger charge is -2.21. The number of fused-ring (bicyclic) bond motifs is 1. The van der Waals surface area contributed by atoms with Crippen LogP contribution < -0.4 is 0 Å². The summed E-state index contributed by atoms with van der Waals surface area (Å²) < 4.78 is 30.3. The molecule has 1 fully saturated rings. The Balaban J connectivity index is 1.84. The summed E-state index contributed by atoms with van der Waals surface area (Å²) >= 11 is 0. The van der Waals surface area contributed by atoms with Crippen molar-refractivity contribution in [2.45, 2.75) is 25.5 Å². The van der Waals surface area contributed by atoms with Gasteiger partial charge in [-0.25, -0.2) is 17.5 Å². The number of carbonyl (C=O) groups is 2. The van der Waals surface area contributed by atoms with E-state index in [0.29, 0.717) is 18.7 Å². The first-order valence-electron chi connectivity index (χ1n) is 8.20. The highest BCUT2D eigenvalue weighted by Gasteiger charge is 2.50. The van der Waals surface area contributed by atoms with Crippen molar-refractivity contribution in [3.63, 3.8) is 0 Å². The van der Waals surface area contributed by atoms with Gasteiger partial charge in [-0.2, -0.15) is 0 Å². The molecule has 1 saturated heterocycles. The van der Waals surface area contributed by atoms with Crippen molar-refractivity contribution < 1.29 is 22.7 Å². The summed E-state index contributed by atoms with van der Waals surface area (Å²) in [6.45, 7) is 4.02. The van der Waals surface area contributed by atoms with Gasteiger partial charge in [-0.1, -0.05) is 36.4 Å². The SMILES string of the molecule is C=CCC1=C2[C@@H](CCN2C(=O)OCc2ccccc2)N(S(C)(=O)=O)C1=O. The van der Waals surface area contributed by atoms with E-state index in [1.807, 2.05) is 30.3 Å². The molecule has 8 heteroatoms. The van der Waals surface area contributed by atoms with E-state index in [9.17, 15) is 18.0 Å². The van der Waals surface area contributed by atoms with Crippen LogP contribution in [0.1, 0.15) is 18.4 Å². The topological polar surface area (TPSA) is 84.0 Å². The number of ether oxygens (including phenoxy) is 1. The quantitative estimate of drug-likeness (QED) is 0.734. The Hall–Kier alpha value is -2.61. The van der Waals surface area contributed by atoms with Crippen molar-refractivity contribution in [1.82, 2.24) is 9.21 Å². The highest BCUT2D eigenvalue weighted by atomic mass is 32.2. The predicted molar refractivity (Wildman–Crippen MR) is 95.3 cm³/mol. The lowest BCUT2D eigenvalue weighted by atomic mass is 10.1. The molecular formula is C18H20N2O5S. The number of rotatable bonds is 5. The van der Waals surface area contributed by atoms with Crippen LogP contribution >= 0.6 is 0 Å². The van der Waals surface area contributed by atoms with Crippen LogP contribution in [-0.2, 0) is 26.2 Å². The molecule has 26 heavy (non-hydrogen) atoms. The third-order valence-electron chi connectivity index (χ3n) is 4.41. The standard InChI is InChI=1S/C18H20N2O5S/c1-3-7-14-16-15(20(17(14)21)26(2,23)24)10-11-19(16)18(22)25-12-13-8-5-4-6-9-13/h3-6,8-9,15H,1,7,10-12H2,2H3/t15-/m1/s1. The first-order valence-corrected chi connectivity index (χ1v) is 10.0. The Morgan fingerprint density at radius 2 is 2.04 bits per heavy atom. The van der Waals surface area contributed by atoms with Gasteiger partial charge >= 0.3 is 6.09 Å². The molecular weight excluding hydrogens is 356 g/mol. The summed E-state index contributed by atoms with van der Waals surface area (Å²) in [5.41, 5.74) is 1.54. The fourth-order valence-corrected chi connectivity index (χ4v) is 4.45. The summed E-state index contributed by atoms with van der Waals surface area (Å²) in [4.78, 5) is 26.5. The van der Waals surface area contributed by atoms with Crippen molar-refractivity contribution in [2.24, 2.45) is 0 Å². The number of likely N-dealkylation sites (tertiary alicyclic amines) is 1. The molecule has 0 N–H and O–H groups in total. The summed E-state index contributed by atoms with van der Waals surface area (Å²) in [7, 11) is -3.73. The predicted octanol–water partition coefficient (Wildman–Crippen LogP) is 2.03. The number of benzene rings is 1. The van der Waals surface area contributed by atoms with Crippen molar-refractivity contribution in [2.75, 3.05) is 12.8 Å². The zero-order valence-electron chi connectivity index (χ0n) is 14.4. The van der Waals surface area contributed by atoms with Gasteiger partial charge in [0.25, 0.3) is 5.91 Å². The van der Waals surface area contributed by atoms with E-state index in [1.165, 1.54) is 11.0 Å². The van der Waals surface area contributed by atoms with Gasteiger partial charge in [-0.15, -0.1) is 6.58 Å². The molecule has 2 heterocycles. The second kappa shape index (κ2) is 6.95. The Morgan fingerprint density at radius 3 is 2.65 bits per heavy atom. The Kier molecular flexibility index (Phi) is 4.86. The van der Waals surface area contributed by atoms with Gasteiger partial charge in [0.15, 0.2) is 0 Å². The van der Waals surface area contributed by atoms with E-state index in [0.717, 1.165) is 16.1 Å². The molecule has 2 aliphatic heterocycles. The van der Waals surface area contributed by atoms with E-state index in [4.69, 9.17) is 4.74 Å². The minimum atomic E-state index is -3.73. The molecule has 138 valence electrons. The summed E-state index contributed by atoms with van der Waals surface area (Å²) in [5, 5.41) is 0. The second-order valence-electron chi connectivity index (χ2n) is 6.22. The van der Waals surface area contributed by atoms with Crippen molar-refractivity contribution in [3.05, 3.63) is 59.8 Å². The van der Waals surface area contributed by atoms with Crippen LogP contribution in [0.3, 0.4) is 0 Å². The Bertz CT molecular complexity index is 876. The number of hydrogen-bond donors (Lipinski definition) is 0. The molecule has 1 aromatic rings. The maximum Gasteiger partial charge on any atom is 0.414 e. The second-order valence-corrected chi connectivity index (χ2v) is 8.08. The van der Waals surface area contributed by atoms with E-state index in [1.54, 1.807) is 0 Å². The molecule has 7 nitrogen and oxygen atoms in total. The molecule has 0 unspecified atom stereocenters. The molecule has 2 aliphatic rings. The molecule has 0 aromatic heterocycles. The van der Waals surface area contributed by atoms with Crippen LogP contribution in [0.2, 0.25) is 0 Å². The molecule has 1 atom stereocenters. The lowest BCUT2D eigenvalue weighted by molar-refractivity contribution is -0.122. The maximum absolute atomic E-state index is 12.6. The smallest absolute Gasteiger partial charge is 0.414 e. The molecule has 2 amide bonds. The van der Waals surface area contributed by atoms with Gasteiger partial charge in [-0.05, 0) is 18.4 Å². The largest absolute Gasteiger partial charge is 0.444 e. The number of sulfonamides is 1. The highest BCUT2D eigenvalue weighted by molar-refractivity contribution is 7.89. The highest BCUT2D eigenvalue weighted by Crippen LogP contribution is 2.39. The van der Waals surface area contributed by atoms with Crippen LogP contribution in [0.25, 0.3) is 0 Å². The molecule has 0 bridgehead atoms. The molecule has 0 spiro atoms. The average Bonchev–Trinajstić information content (AvgIpc) is 3.12. The minimum absolute atomic E-state index is 0.106.